The van der Waals surface area contributed by atoms with Crippen molar-refractivity contribution in [3.63, 3.8) is 0 Å². The molecule has 3 aromatic rings. The second kappa shape index (κ2) is 7.56. The molecular formula is C21H21N3O4. The molecule has 3 N–H and O–H groups in total. The lowest BCUT2D eigenvalue weighted by Gasteiger charge is -2.15. The van der Waals surface area contributed by atoms with Gasteiger partial charge >= 0.3 is 0 Å². The Morgan fingerprint density at radius 2 is 1.68 bits per heavy atom. The summed E-state index contributed by atoms with van der Waals surface area (Å²) in [7, 11) is 3.02. The third-order valence-corrected chi connectivity index (χ3v) is 4.50. The summed E-state index contributed by atoms with van der Waals surface area (Å²) < 4.78 is 10.6. The molecule has 0 atom stereocenters. The van der Waals surface area contributed by atoms with Crippen molar-refractivity contribution < 1.29 is 19.1 Å². The predicted octanol–water partition coefficient (Wildman–Crippen LogP) is 3.22. The van der Waals surface area contributed by atoms with Gasteiger partial charge in [0.2, 0.25) is 0 Å². The first-order chi connectivity index (χ1) is 13.3. The topological polar surface area (TPSA) is 104 Å². The fraction of sp³-hybridized carbons (Fsp3) is 0.190. The number of benzene rings is 2. The number of ether oxygens (including phenoxy) is 2. The first-order valence-electron chi connectivity index (χ1n) is 8.58. The second-order valence-corrected chi connectivity index (χ2v) is 6.41. The zero-order valence-corrected chi connectivity index (χ0v) is 16.1. The maximum absolute atomic E-state index is 12.9. The number of nitrogens with zero attached hydrogens (tertiary/aromatic N) is 1. The number of rotatable bonds is 5. The first-order valence-corrected chi connectivity index (χ1v) is 8.58. The number of pyridine rings is 1. The molecule has 0 aliphatic rings. The van der Waals surface area contributed by atoms with Crippen molar-refractivity contribution in [2.75, 3.05) is 19.5 Å². The Kier molecular flexibility index (Phi) is 5.17. The highest BCUT2D eigenvalue weighted by atomic mass is 16.5. The third-order valence-electron chi connectivity index (χ3n) is 4.50. The maximum atomic E-state index is 12.9. The van der Waals surface area contributed by atoms with E-state index >= 15 is 0 Å². The van der Waals surface area contributed by atoms with Crippen LogP contribution in [0.25, 0.3) is 10.9 Å². The number of nitrogens with one attached hydrogen (secondary N) is 1. The minimum atomic E-state index is -0.694. The van der Waals surface area contributed by atoms with Gasteiger partial charge in [0.1, 0.15) is 0 Å². The molecule has 1 aromatic heterocycles. The SMILES string of the molecule is COc1cc2ncc(C(N)=O)c(NC(=O)c3ccc(C)cc3C)c2cc1OC. The van der Waals surface area contributed by atoms with E-state index in [1.807, 2.05) is 26.0 Å². The van der Waals surface area contributed by atoms with Crippen LogP contribution < -0.4 is 20.5 Å². The number of hydrogen-bond donors (Lipinski definition) is 2. The van der Waals surface area contributed by atoms with Crippen LogP contribution in [0.3, 0.4) is 0 Å². The van der Waals surface area contributed by atoms with Gasteiger partial charge < -0.3 is 20.5 Å². The van der Waals surface area contributed by atoms with E-state index < -0.39 is 5.91 Å². The molecule has 0 fully saturated rings. The molecule has 3 rings (SSSR count). The zero-order valence-electron chi connectivity index (χ0n) is 16.1. The highest BCUT2D eigenvalue weighted by Crippen LogP contribution is 2.36. The number of aromatic nitrogens is 1. The van der Waals surface area contributed by atoms with Crippen LogP contribution in [0.5, 0.6) is 11.5 Å². The molecule has 0 aliphatic heterocycles. The molecule has 0 radical (unpaired) electrons. The second-order valence-electron chi connectivity index (χ2n) is 6.41. The molecule has 0 unspecified atom stereocenters. The summed E-state index contributed by atoms with van der Waals surface area (Å²) >= 11 is 0. The number of carbonyl (C=O) groups excluding carboxylic acids is 2. The Morgan fingerprint density at radius 1 is 1.00 bits per heavy atom. The average molecular weight is 379 g/mol. The number of aryl methyl sites for hydroxylation is 2. The number of fused-ring (bicyclic) bond motifs is 1. The van der Waals surface area contributed by atoms with Crippen molar-refractivity contribution in [2.24, 2.45) is 5.73 Å². The van der Waals surface area contributed by atoms with Gasteiger partial charge in [-0.25, -0.2) is 0 Å². The number of methoxy groups -OCH3 is 2. The molecule has 0 aliphatic carbocycles. The lowest BCUT2D eigenvalue weighted by molar-refractivity contribution is 0.100. The highest BCUT2D eigenvalue weighted by molar-refractivity contribution is 6.15. The van der Waals surface area contributed by atoms with Gasteiger partial charge in [-0.15, -0.1) is 0 Å². The number of anilines is 1. The summed E-state index contributed by atoms with van der Waals surface area (Å²) in [4.78, 5) is 29.1. The van der Waals surface area contributed by atoms with Crippen LogP contribution in [0.15, 0.2) is 36.5 Å². The average Bonchev–Trinajstić information content (AvgIpc) is 2.66. The maximum Gasteiger partial charge on any atom is 0.255 e. The first kappa shape index (κ1) is 19.2. The lowest BCUT2D eigenvalue weighted by atomic mass is 10.0. The van der Waals surface area contributed by atoms with E-state index in [0.29, 0.717) is 28.0 Å². The fourth-order valence-electron chi connectivity index (χ4n) is 3.09. The van der Waals surface area contributed by atoms with Gasteiger partial charge in [0.15, 0.2) is 11.5 Å². The summed E-state index contributed by atoms with van der Waals surface area (Å²) in [6, 6.07) is 8.85. The number of amides is 2. The Labute approximate surface area is 162 Å². The van der Waals surface area contributed by atoms with Crippen LogP contribution in [0.1, 0.15) is 31.8 Å². The minimum Gasteiger partial charge on any atom is -0.493 e. The molecule has 0 spiro atoms. The van der Waals surface area contributed by atoms with Gasteiger partial charge in [0.25, 0.3) is 11.8 Å². The van der Waals surface area contributed by atoms with Crippen molar-refractivity contribution in [1.29, 1.82) is 0 Å². The largest absolute Gasteiger partial charge is 0.493 e. The van der Waals surface area contributed by atoms with Gasteiger partial charge in [-0.3, -0.25) is 14.6 Å². The molecule has 7 nitrogen and oxygen atoms in total. The van der Waals surface area contributed by atoms with E-state index in [9.17, 15) is 9.59 Å². The third kappa shape index (κ3) is 3.46. The summed E-state index contributed by atoms with van der Waals surface area (Å²) in [5, 5.41) is 3.34. The van der Waals surface area contributed by atoms with E-state index in [0.717, 1.165) is 11.1 Å². The normalized spacial score (nSPS) is 10.6. The molecule has 0 saturated carbocycles. The van der Waals surface area contributed by atoms with Crippen molar-refractivity contribution in [3.05, 3.63) is 58.8 Å². The van der Waals surface area contributed by atoms with Gasteiger partial charge in [0.05, 0.1) is 31.0 Å². The molecule has 2 amide bonds. The monoisotopic (exact) mass is 379 g/mol. The minimum absolute atomic E-state index is 0.109. The van der Waals surface area contributed by atoms with Crippen LogP contribution in [0, 0.1) is 13.8 Å². The molecule has 0 bridgehead atoms. The lowest BCUT2D eigenvalue weighted by Crippen LogP contribution is -2.19. The summed E-state index contributed by atoms with van der Waals surface area (Å²) in [5.74, 6) is -0.108. The van der Waals surface area contributed by atoms with Crippen molar-refractivity contribution in [1.82, 2.24) is 4.98 Å². The van der Waals surface area contributed by atoms with Crippen molar-refractivity contribution >= 4 is 28.4 Å². The number of hydrogen-bond acceptors (Lipinski definition) is 5. The number of carbonyl (C=O) groups is 2. The smallest absolute Gasteiger partial charge is 0.255 e. The van der Waals surface area contributed by atoms with Gasteiger partial charge in [-0.2, -0.15) is 0 Å². The van der Waals surface area contributed by atoms with Crippen LogP contribution in [0.2, 0.25) is 0 Å². The molecular weight excluding hydrogens is 358 g/mol. The molecule has 0 saturated heterocycles. The molecule has 7 heteroatoms. The standard InChI is InChI=1S/C21H21N3O4/c1-11-5-6-13(12(2)7-11)21(26)24-19-14-8-17(27-3)18(28-4)9-16(14)23-10-15(19)20(22)25/h5-10H,1-4H3,(H2,22,25)(H,23,24,26). The van der Waals surface area contributed by atoms with Crippen molar-refractivity contribution in [3.8, 4) is 11.5 Å². The Bertz CT molecular complexity index is 1090. The van der Waals surface area contributed by atoms with Gasteiger partial charge in [0, 0.05) is 23.2 Å². The van der Waals surface area contributed by atoms with E-state index in [2.05, 4.69) is 10.3 Å². The van der Waals surface area contributed by atoms with Gasteiger partial charge in [-0.1, -0.05) is 17.7 Å². The molecule has 144 valence electrons. The van der Waals surface area contributed by atoms with E-state index in [4.69, 9.17) is 15.2 Å². The molecule has 2 aromatic carbocycles. The molecule has 28 heavy (non-hydrogen) atoms. The zero-order chi connectivity index (χ0) is 20.4. The van der Waals surface area contributed by atoms with Crippen LogP contribution in [-0.2, 0) is 0 Å². The summed E-state index contributed by atoms with van der Waals surface area (Å²) in [6.45, 7) is 3.81. The van der Waals surface area contributed by atoms with Gasteiger partial charge in [-0.05, 0) is 31.5 Å². The predicted molar refractivity (Wildman–Crippen MR) is 107 cm³/mol. The highest BCUT2D eigenvalue weighted by Gasteiger charge is 2.19. The fourth-order valence-corrected chi connectivity index (χ4v) is 3.09. The Balaban J connectivity index is 2.17. The number of nitrogens with two attached hydrogens (primary N) is 1. The van der Waals surface area contributed by atoms with E-state index in [-0.39, 0.29) is 17.2 Å². The van der Waals surface area contributed by atoms with Crippen LogP contribution >= 0.6 is 0 Å². The van der Waals surface area contributed by atoms with Crippen LogP contribution in [0.4, 0.5) is 5.69 Å². The van der Waals surface area contributed by atoms with E-state index in [1.165, 1.54) is 20.4 Å². The van der Waals surface area contributed by atoms with Crippen LogP contribution in [-0.4, -0.2) is 31.0 Å². The number of primary amides is 1. The molecule has 1 heterocycles. The summed E-state index contributed by atoms with van der Waals surface area (Å²) in [6.07, 6.45) is 1.34. The Hall–Kier alpha value is -3.61. The quantitative estimate of drug-likeness (QED) is 0.708. The van der Waals surface area contributed by atoms with Crippen molar-refractivity contribution in [2.45, 2.75) is 13.8 Å². The summed E-state index contributed by atoms with van der Waals surface area (Å²) in [5.41, 5.74) is 8.82. The van der Waals surface area contributed by atoms with E-state index in [1.54, 1.807) is 18.2 Å². The Morgan fingerprint density at radius 3 is 2.29 bits per heavy atom.